The Kier molecular flexibility index (Phi) is 3.69. The van der Waals surface area contributed by atoms with E-state index < -0.39 is 0 Å². The van der Waals surface area contributed by atoms with E-state index in [0.29, 0.717) is 18.3 Å². The van der Waals surface area contributed by atoms with Crippen molar-refractivity contribution in [1.82, 2.24) is 10.1 Å². The molecule has 0 aliphatic heterocycles. The molecule has 1 aromatic carbocycles. The number of aromatic nitrogens is 2. The normalized spacial score (nSPS) is 17.8. The van der Waals surface area contributed by atoms with Crippen molar-refractivity contribution in [2.24, 2.45) is 5.73 Å². The highest BCUT2D eigenvalue weighted by Crippen LogP contribution is 2.30. The van der Waals surface area contributed by atoms with Gasteiger partial charge in [0.05, 0.1) is 0 Å². The lowest BCUT2D eigenvalue weighted by Crippen LogP contribution is -2.17. The van der Waals surface area contributed by atoms with Gasteiger partial charge in [-0.3, -0.25) is 0 Å². The number of rotatable bonds is 4. The van der Waals surface area contributed by atoms with Gasteiger partial charge < -0.3 is 15.0 Å². The van der Waals surface area contributed by atoms with Crippen LogP contribution in [0, 0.1) is 0 Å². The highest BCUT2D eigenvalue weighted by Gasteiger charge is 2.17. The van der Waals surface area contributed by atoms with Gasteiger partial charge in [0.15, 0.2) is 12.4 Å². The quantitative estimate of drug-likeness (QED) is 0.926. The Morgan fingerprint density at radius 2 is 2.35 bits per heavy atom. The number of fused-ring (bicyclic) bond motifs is 1. The van der Waals surface area contributed by atoms with E-state index in [0.717, 1.165) is 31.4 Å². The first-order chi connectivity index (χ1) is 9.76. The molecule has 0 radical (unpaired) electrons. The maximum atomic E-state index is 6.11. The van der Waals surface area contributed by atoms with Gasteiger partial charge in [0.2, 0.25) is 0 Å². The SMILES string of the molecule is CCc1noc(COc2ccc3c(c2)CCCC3N)n1. The minimum absolute atomic E-state index is 0.163. The Morgan fingerprint density at radius 1 is 1.45 bits per heavy atom. The molecule has 20 heavy (non-hydrogen) atoms. The molecule has 2 aromatic rings. The molecule has 0 saturated heterocycles. The number of aryl methyl sites for hydroxylation is 2. The summed E-state index contributed by atoms with van der Waals surface area (Å²) in [5, 5.41) is 3.84. The van der Waals surface area contributed by atoms with E-state index in [9.17, 15) is 0 Å². The summed E-state index contributed by atoms with van der Waals surface area (Å²) in [5.41, 5.74) is 8.64. The van der Waals surface area contributed by atoms with Gasteiger partial charge in [0, 0.05) is 12.5 Å². The zero-order valence-electron chi connectivity index (χ0n) is 11.6. The average Bonchev–Trinajstić information content (AvgIpc) is 2.93. The zero-order chi connectivity index (χ0) is 13.9. The van der Waals surface area contributed by atoms with Gasteiger partial charge in [-0.25, -0.2) is 0 Å². The van der Waals surface area contributed by atoms with Crippen molar-refractivity contribution < 1.29 is 9.26 Å². The molecule has 1 heterocycles. The predicted octanol–water partition coefficient (Wildman–Crippen LogP) is 2.55. The van der Waals surface area contributed by atoms with Gasteiger partial charge in [-0.05, 0) is 42.5 Å². The van der Waals surface area contributed by atoms with E-state index in [1.807, 2.05) is 13.0 Å². The molecule has 106 valence electrons. The number of nitrogens with zero attached hydrogens (tertiary/aromatic N) is 2. The van der Waals surface area contributed by atoms with Crippen LogP contribution < -0.4 is 10.5 Å². The smallest absolute Gasteiger partial charge is 0.264 e. The first-order valence-corrected chi connectivity index (χ1v) is 7.09. The van der Waals surface area contributed by atoms with Crippen LogP contribution in [0.3, 0.4) is 0 Å². The Labute approximate surface area is 118 Å². The van der Waals surface area contributed by atoms with Crippen molar-refractivity contribution in [2.75, 3.05) is 0 Å². The zero-order valence-corrected chi connectivity index (χ0v) is 11.6. The van der Waals surface area contributed by atoms with Gasteiger partial charge in [-0.1, -0.05) is 18.1 Å². The van der Waals surface area contributed by atoms with Crippen LogP contribution in [0.5, 0.6) is 5.75 Å². The molecule has 5 nitrogen and oxygen atoms in total. The molecule has 0 fully saturated rings. The molecule has 5 heteroatoms. The monoisotopic (exact) mass is 273 g/mol. The Morgan fingerprint density at radius 3 is 3.15 bits per heavy atom. The summed E-state index contributed by atoms with van der Waals surface area (Å²) in [6.45, 7) is 2.29. The van der Waals surface area contributed by atoms with E-state index in [2.05, 4.69) is 22.3 Å². The van der Waals surface area contributed by atoms with Crippen molar-refractivity contribution >= 4 is 0 Å². The first kappa shape index (κ1) is 13.1. The van der Waals surface area contributed by atoms with Gasteiger partial charge in [0.25, 0.3) is 5.89 Å². The molecule has 0 spiro atoms. The van der Waals surface area contributed by atoms with Crippen LogP contribution in [0.15, 0.2) is 22.7 Å². The fraction of sp³-hybridized carbons (Fsp3) is 0.467. The standard InChI is InChI=1S/C15H19N3O2/c1-2-14-17-15(20-18-14)9-19-11-6-7-12-10(8-11)4-3-5-13(12)16/h6-8,13H,2-5,9,16H2,1H3. The lowest BCUT2D eigenvalue weighted by atomic mass is 9.88. The van der Waals surface area contributed by atoms with Crippen LogP contribution in [0.4, 0.5) is 0 Å². The average molecular weight is 273 g/mol. The maximum Gasteiger partial charge on any atom is 0.264 e. The number of hydrogen-bond donors (Lipinski definition) is 1. The molecule has 1 aliphatic carbocycles. The van der Waals surface area contributed by atoms with Crippen LogP contribution in [-0.2, 0) is 19.4 Å². The van der Waals surface area contributed by atoms with E-state index in [-0.39, 0.29) is 6.04 Å². The van der Waals surface area contributed by atoms with Crippen LogP contribution in [0.1, 0.15) is 48.6 Å². The molecule has 1 atom stereocenters. The van der Waals surface area contributed by atoms with Gasteiger partial charge in [-0.2, -0.15) is 4.98 Å². The van der Waals surface area contributed by atoms with E-state index in [1.54, 1.807) is 0 Å². The molecule has 0 amide bonds. The second kappa shape index (κ2) is 5.63. The fourth-order valence-corrected chi connectivity index (χ4v) is 2.56. The molecule has 3 rings (SSSR count). The Balaban J connectivity index is 1.68. The third kappa shape index (κ3) is 2.67. The molecular weight excluding hydrogens is 254 g/mol. The minimum Gasteiger partial charge on any atom is -0.484 e. The molecule has 1 unspecified atom stereocenters. The fourth-order valence-electron chi connectivity index (χ4n) is 2.56. The van der Waals surface area contributed by atoms with Crippen molar-refractivity contribution in [3.8, 4) is 5.75 Å². The summed E-state index contributed by atoms with van der Waals surface area (Å²) in [7, 11) is 0. The lowest BCUT2D eigenvalue weighted by molar-refractivity contribution is 0.242. The van der Waals surface area contributed by atoms with Gasteiger partial charge in [-0.15, -0.1) is 0 Å². The number of hydrogen-bond acceptors (Lipinski definition) is 5. The van der Waals surface area contributed by atoms with Crippen LogP contribution in [-0.4, -0.2) is 10.1 Å². The van der Waals surface area contributed by atoms with Crippen LogP contribution in [0.2, 0.25) is 0 Å². The van der Waals surface area contributed by atoms with E-state index >= 15 is 0 Å². The van der Waals surface area contributed by atoms with Crippen LogP contribution in [0.25, 0.3) is 0 Å². The van der Waals surface area contributed by atoms with E-state index in [1.165, 1.54) is 11.1 Å². The lowest BCUT2D eigenvalue weighted by Gasteiger charge is -2.22. The predicted molar refractivity (Wildman–Crippen MR) is 74.3 cm³/mol. The van der Waals surface area contributed by atoms with Crippen molar-refractivity contribution in [3.05, 3.63) is 41.0 Å². The van der Waals surface area contributed by atoms with Gasteiger partial charge >= 0.3 is 0 Å². The number of benzene rings is 1. The second-order valence-electron chi connectivity index (χ2n) is 5.11. The summed E-state index contributed by atoms with van der Waals surface area (Å²) in [6.07, 6.45) is 4.04. The molecule has 1 aromatic heterocycles. The Hall–Kier alpha value is -1.88. The third-order valence-corrected chi connectivity index (χ3v) is 3.66. The minimum atomic E-state index is 0.163. The summed E-state index contributed by atoms with van der Waals surface area (Å²) < 4.78 is 10.8. The molecule has 2 N–H and O–H groups in total. The Bertz CT molecular complexity index is 595. The summed E-state index contributed by atoms with van der Waals surface area (Å²) in [6, 6.07) is 6.27. The largest absolute Gasteiger partial charge is 0.484 e. The van der Waals surface area contributed by atoms with Crippen LogP contribution >= 0.6 is 0 Å². The van der Waals surface area contributed by atoms with E-state index in [4.69, 9.17) is 15.0 Å². The first-order valence-electron chi connectivity index (χ1n) is 7.09. The second-order valence-corrected chi connectivity index (χ2v) is 5.11. The topological polar surface area (TPSA) is 74.2 Å². The molecule has 0 saturated carbocycles. The third-order valence-electron chi connectivity index (χ3n) is 3.66. The van der Waals surface area contributed by atoms with Crippen molar-refractivity contribution in [3.63, 3.8) is 0 Å². The molecule has 1 aliphatic rings. The van der Waals surface area contributed by atoms with Crippen molar-refractivity contribution in [2.45, 2.75) is 45.3 Å². The highest BCUT2D eigenvalue weighted by molar-refractivity contribution is 5.38. The van der Waals surface area contributed by atoms with Crippen molar-refractivity contribution in [1.29, 1.82) is 0 Å². The van der Waals surface area contributed by atoms with Gasteiger partial charge in [0.1, 0.15) is 5.75 Å². The molecular formula is C15H19N3O2. The maximum absolute atomic E-state index is 6.11. The summed E-state index contributed by atoms with van der Waals surface area (Å²) in [5.74, 6) is 2.05. The number of ether oxygens (including phenoxy) is 1. The summed E-state index contributed by atoms with van der Waals surface area (Å²) >= 11 is 0. The highest BCUT2D eigenvalue weighted by atomic mass is 16.5. The number of nitrogens with two attached hydrogens (primary N) is 1. The molecule has 0 bridgehead atoms. The summed E-state index contributed by atoms with van der Waals surface area (Å²) in [4.78, 5) is 4.22.